The highest BCUT2D eigenvalue weighted by molar-refractivity contribution is 6.32. The van der Waals surface area contributed by atoms with E-state index in [0.717, 1.165) is 12.8 Å². The van der Waals surface area contributed by atoms with Crippen molar-refractivity contribution in [3.63, 3.8) is 0 Å². The maximum Gasteiger partial charge on any atom is 0.339 e. The van der Waals surface area contributed by atoms with Gasteiger partial charge in [-0.2, -0.15) is 0 Å². The number of nitrogens with two attached hydrogens (primary N) is 1. The van der Waals surface area contributed by atoms with Crippen molar-refractivity contribution in [2.24, 2.45) is 5.73 Å². The lowest BCUT2D eigenvalue weighted by Gasteiger charge is -2.15. The fourth-order valence-corrected chi connectivity index (χ4v) is 1.96. The predicted octanol–water partition coefficient (Wildman–Crippen LogP) is 2.95. The van der Waals surface area contributed by atoms with E-state index in [2.05, 4.69) is 0 Å². The van der Waals surface area contributed by atoms with Gasteiger partial charge in [0.15, 0.2) is 17.6 Å². The van der Waals surface area contributed by atoms with Crippen LogP contribution in [0.25, 0.3) is 0 Å². The SMILES string of the molecule is CCCCOc1c(Cl)cc(C(=O)O[C@@H](C)C(N)=O)cc1OCC. The predicted molar refractivity (Wildman–Crippen MR) is 87.1 cm³/mol. The van der Waals surface area contributed by atoms with Gasteiger partial charge in [-0.05, 0) is 32.4 Å². The molecule has 23 heavy (non-hydrogen) atoms. The molecule has 1 atom stereocenters. The van der Waals surface area contributed by atoms with Gasteiger partial charge in [0.2, 0.25) is 0 Å². The second kappa shape index (κ2) is 9.25. The number of carbonyl (C=O) groups excluding carboxylic acids is 2. The van der Waals surface area contributed by atoms with E-state index < -0.39 is 18.0 Å². The van der Waals surface area contributed by atoms with E-state index >= 15 is 0 Å². The van der Waals surface area contributed by atoms with Gasteiger partial charge < -0.3 is 19.9 Å². The van der Waals surface area contributed by atoms with E-state index in [0.29, 0.717) is 24.7 Å². The van der Waals surface area contributed by atoms with E-state index in [1.807, 2.05) is 13.8 Å². The Hall–Kier alpha value is -1.95. The Morgan fingerprint density at radius 1 is 1.26 bits per heavy atom. The lowest BCUT2D eigenvalue weighted by atomic mass is 10.2. The van der Waals surface area contributed by atoms with Crippen LogP contribution in [0.4, 0.5) is 0 Å². The Bertz CT molecular complexity index is 562. The molecule has 1 aromatic carbocycles. The molecule has 0 unspecified atom stereocenters. The molecule has 1 amide bonds. The molecule has 7 heteroatoms. The number of ether oxygens (including phenoxy) is 3. The lowest BCUT2D eigenvalue weighted by molar-refractivity contribution is -0.125. The zero-order valence-electron chi connectivity index (χ0n) is 13.6. The second-order valence-electron chi connectivity index (χ2n) is 4.87. The van der Waals surface area contributed by atoms with Crippen molar-refractivity contribution < 1.29 is 23.8 Å². The number of amides is 1. The van der Waals surface area contributed by atoms with Crippen LogP contribution in [0.2, 0.25) is 5.02 Å². The number of primary amides is 1. The zero-order chi connectivity index (χ0) is 17.4. The van der Waals surface area contributed by atoms with Gasteiger partial charge in [0.05, 0.1) is 23.8 Å². The molecule has 0 heterocycles. The van der Waals surface area contributed by atoms with E-state index in [9.17, 15) is 9.59 Å². The van der Waals surface area contributed by atoms with Crippen molar-refractivity contribution >= 4 is 23.5 Å². The van der Waals surface area contributed by atoms with Crippen molar-refractivity contribution in [3.8, 4) is 11.5 Å². The van der Waals surface area contributed by atoms with Gasteiger partial charge in [-0.25, -0.2) is 4.79 Å². The number of esters is 1. The van der Waals surface area contributed by atoms with Crippen LogP contribution in [0.3, 0.4) is 0 Å². The molecule has 0 radical (unpaired) electrons. The summed E-state index contributed by atoms with van der Waals surface area (Å²) in [5, 5.41) is 0.241. The Morgan fingerprint density at radius 3 is 2.52 bits per heavy atom. The van der Waals surface area contributed by atoms with Crippen LogP contribution in [-0.2, 0) is 9.53 Å². The Kier molecular flexibility index (Phi) is 7.68. The van der Waals surface area contributed by atoms with Gasteiger partial charge in [-0.15, -0.1) is 0 Å². The summed E-state index contributed by atoms with van der Waals surface area (Å²) in [4.78, 5) is 23.0. The number of hydrogen-bond donors (Lipinski definition) is 1. The second-order valence-corrected chi connectivity index (χ2v) is 5.28. The van der Waals surface area contributed by atoms with E-state index in [1.54, 1.807) is 0 Å². The number of halogens is 1. The first-order chi connectivity index (χ1) is 10.9. The summed E-state index contributed by atoms with van der Waals surface area (Å²) in [6, 6.07) is 2.90. The minimum Gasteiger partial charge on any atom is -0.490 e. The molecule has 0 aliphatic heterocycles. The molecule has 0 spiro atoms. The zero-order valence-corrected chi connectivity index (χ0v) is 14.3. The number of hydrogen-bond acceptors (Lipinski definition) is 5. The molecule has 0 fully saturated rings. The number of rotatable bonds is 9. The number of unbranched alkanes of at least 4 members (excludes halogenated alkanes) is 1. The molecule has 0 aromatic heterocycles. The third-order valence-electron chi connectivity index (χ3n) is 2.97. The van der Waals surface area contributed by atoms with Gasteiger partial charge in [0.25, 0.3) is 5.91 Å². The summed E-state index contributed by atoms with van der Waals surface area (Å²) in [6.07, 6.45) is 0.830. The standard InChI is InChI=1S/C16H22ClNO5/c1-4-6-7-22-14-12(17)8-11(9-13(14)21-5-2)16(20)23-10(3)15(18)19/h8-10H,4-7H2,1-3H3,(H2,18,19)/t10-/m0/s1. The quantitative estimate of drug-likeness (QED) is 0.550. The normalized spacial score (nSPS) is 11.7. The highest BCUT2D eigenvalue weighted by atomic mass is 35.5. The van der Waals surface area contributed by atoms with Crippen LogP contribution in [0.1, 0.15) is 44.0 Å². The molecule has 1 rings (SSSR count). The van der Waals surface area contributed by atoms with Gasteiger partial charge in [-0.1, -0.05) is 24.9 Å². The molecule has 0 aliphatic rings. The van der Waals surface area contributed by atoms with Crippen LogP contribution < -0.4 is 15.2 Å². The average Bonchev–Trinajstić information content (AvgIpc) is 2.49. The molecule has 6 nitrogen and oxygen atoms in total. The highest BCUT2D eigenvalue weighted by Gasteiger charge is 2.20. The summed E-state index contributed by atoms with van der Waals surface area (Å²) >= 11 is 6.19. The lowest BCUT2D eigenvalue weighted by Crippen LogP contribution is -2.30. The summed E-state index contributed by atoms with van der Waals surface area (Å²) < 4.78 is 16.1. The molecule has 0 aliphatic carbocycles. The van der Waals surface area contributed by atoms with Crippen LogP contribution in [-0.4, -0.2) is 31.2 Å². The summed E-state index contributed by atoms with van der Waals surface area (Å²) in [6.45, 7) is 6.14. The first-order valence-electron chi connectivity index (χ1n) is 7.50. The van der Waals surface area contributed by atoms with Crippen molar-refractivity contribution in [1.29, 1.82) is 0 Å². The monoisotopic (exact) mass is 343 g/mol. The van der Waals surface area contributed by atoms with Crippen LogP contribution in [0.15, 0.2) is 12.1 Å². The minimum atomic E-state index is -1.03. The van der Waals surface area contributed by atoms with Gasteiger partial charge in [-0.3, -0.25) is 4.79 Å². The first-order valence-corrected chi connectivity index (χ1v) is 7.87. The van der Waals surface area contributed by atoms with Crippen molar-refractivity contribution in [3.05, 3.63) is 22.7 Å². The fraction of sp³-hybridized carbons (Fsp3) is 0.500. The van der Waals surface area contributed by atoms with Crippen molar-refractivity contribution in [2.75, 3.05) is 13.2 Å². The van der Waals surface area contributed by atoms with E-state index in [4.69, 9.17) is 31.5 Å². The van der Waals surface area contributed by atoms with Crippen LogP contribution >= 0.6 is 11.6 Å². The van der Waals surface area contributed by atoms with Gasteiger partial charge in [0, 0.05) is 0 Å². The van der Waals surface area contributed by atoms with Crippen LogP contribution in [0.5, 0.6) is 11.5 Å². The average molecular weight is 344 g/mol. The molecule has 2 N–H and O–H groups in total. The Morgan fingerprint density at radius 2 is 1.96 bits per heavy atom. The largest absolute Gasteiger partial charge is 0.490 e. The summed E-state index contributed by atoms with van der Waals surface area (Å²) in [7, 11) is 0. The van der Waals surface area contributed by atoms with E-state index in [1.165, 1.54) is 19.1 Å². The first kappa shape index (κ1) is 19.1. The van der Waals surface area contributed by atoms with Crippen LogP contribution in [0, 0.1) is 0 Å². The maximum atomic E-state index is 12.1. The maximum absolute atomic E-state index is 12.1. The van der Waals surface area contributed by atoms with Gasteiger partial charge >= 0.3 is 5.97 Å². The Balaban J connectivity index is 3.02. The Labute approximate surface area is 140 Å². The van der Waals surface area contributed by atoms with Gasteiger partial charge in [0.1, 0.15) is 0 Å². The molecule has 0 saturated carbocycles. The summed E-state index contributed by atoms with van der Waals surface area (Å²) in [5.74, 6) is -0.690. The smallest absolute Gasteiger partial charge is 0.339 e. The minimum absolute atomic E-state index is 0.161. The van der Waals surface area contributed by atoms with Crippen molar-refractivity contribution in [1.82, 2.24) is 0 Å². The molecule has 128 valence electrons. The number of benzene rings is 1. The number of carbonyl (C=O) groups is 2. The summed E-state index contributed by atoms with van der Waals surface area (Å²) in [5.41, 5.74) is 5.24. The molecule has 1 aromatic rings. The van der Waals surface area contributed by atoms with E-state index in [-0.39, 0.29) is 10.6 Å². The third-order valence-corrected chi connectivity index (χ3v) is 3.25. The topological polar surface area (TPSA) is 87.9 Å². The molecule has 0 bridgehead atoms. The molecule has 0 saturated heterocycles. The molecular formula is C16H22ClNO5. The van der Waals surface area contributed by atoms with Crippen molar-refractivity contribution in [2.45, 2.75) is 39.7 Å². The third kappa shape index (κ3) is 5.63. The fourth-order valence-electron chi connectivity index (χ4n) is 1.69. The highest BCUT2D eigenvalue weighted by Crippen LogP contribution is 2.37. The molecular weight excluding hydrogens is 322 g/mol.